The molecule has 7 nitrogen and oxygen atoms in total. The molecule has 3 amide bonds. The van der Waals surface area contributed by atoms with Crippen LogP contribution in [0, 0.1) is 0 Å². The second-order valence-corrected chi connectivity index (χ2v) is 6.41. The van der Waals surface area contributed by atoms with Gasteiger partial charge in [0.2, 0.25) is 5.91 Å². The Labute approximate surface area is 137 Å². The number of nitrogens with zero attached hydrogens (tertiary/aromatic N) is 2. The van der Waals surface area contributed by atoms with Gasteiger partial charge in [-0.2, -0.15) is 0 Å². The van der Waals surface area contributed by atoms with E-state index in [1.807, 2.05) is 9.80 Å². The molecular weight excluding hydrogens is 298 g/mol. The molecule has 2 rings (SSSR count). The first-order chi connectivity index (χ1) is 11.1. The van der Waals surface area contributed by atoms with Crippen LogP contribution in [0.25, 0.3) is 0 Å². The highest BCUT2D eigenvalue weighted by atomic mass is 16.4. The van der Waals surface area contributed by atoms with Crippen molar-refractivity contribution in [2.24, 2.45) is 0 Å². The third-order valence-corrected chi connectivity index (χ3v) is 4.55. The second-order valence-electron chi connectivity index (χ2n) is 6.41. The Morgan fingerprint density at radius 3 is 2.13 bits per heavy atom. The first-order valence-electron chi connectivity index (χ1n) is 8.61. The smallest absolute Gasteiger partial charge is 0.319 e. The zero-order valence-corrected chi connectivity index (χ0v) is 13.6. The van der Waals surface area contributed by atoms with E-state index in [9.17, 15) is 14.4 Å². The van der Waals surface area contributed by atoms with Gasteiger partial charge in [-0.3, -0.25) is 9.59 Å². The van der Waals surface area contributed by atoms with Crippen LogP contribution in [0.4, 0.5) is 4.79 Å². The molecule has 0 radical (unpaired) electrons. The van der Waals surface area contributed by atoms with Gasteiger partial charge in [0.05, 0.1) is 0 Å². The predicted molar refractivity (Wildman–Crippen MR) is 85.0 cm³/mol. The Hall–Kier alpha value is -1.79. The van der Waals surface area contributed by atoms with Crippen LogP contribution < -0.4 is 5.32 Å². The van der Waals surface area contributed by atoms with Crippen molar-refractivity contribution < 1.29 is 19.5 Å². The molecule has 130 valence electrons. The molecule has 0 aliphatic carbocycles. The highest BCUT2D eigenvalue weighted by Crippen LogP contribution is 2.16. The molecule has 0 aromatic rings. The Morgan fingerprint density at radius 1 is 0.913 bits per heavy atom. The number of urea groups is 1. The Kier molecular flexibility index (Phi) is 6.67. The van der Waals surface area contributed by atoms with Crippen molar-refractivity contribution in [3.63, 3.8) is 0 Å². The van der Waals surface area contributed by atoms with Crippen LogP contribution in [0.1, 0.15) is 51.4 Å². The third kappa shape index (κ3) is 5.73. The highest BCUT2D eigenvalue weighted by molar-refractivity contribution is 5.77. The number of carboxylic acids is 1. The molecule has 0 atom stereocenters. The van der Waals surface area contributed by atoms with Crippen LogP contribution in [0.5, 0.6) is 0 Å². The van der Waals surface area contributed by atoms with E-state index in [1.165, 1.54) is 6.42 Å². The molecule has 0 aromatic heterocycles. The van der Waals surface area contributed by atoms with Crippen molar-refractivity contribution >= 4 is 17.9 Å². The lowest BCUT2D eigenvalue weighted by Gasteiger charge is -2.37. The summed E-state index contributed by atoms with van der Waals surface area (Å²) in [6.07, 6.45) is 5.57. The largest absolute Gasteiger partial charge is 0.481 e. The number of piperidine rings is 2. The van der Waals surface area contributed by atoms with Gasteiger partial charge < -0.3 is 20.2 Å². The van der Waals surface area contributed by atoms with Gasteiger partial charge in [-0.15, -0.1) is 0 Å². The fourth-order valence-electron chi connectivity index (χ4n) is 3.20. The van der Waals surface area contributed by atoms with E-state index < -0.39 is 5.97 Å². The standard InChI is InChI=1S/C16H27N3O4/c20-14(5-4-6-15(21)22)17-13-7-11-19(12-8-13)16(23)18-9-2-1-3-10-18/h13H,1-12H2,(H,17,20)(H,21,22). The second kappa shape index (κ2) is 8.74. The maximum atomic E-state index is 12.4. The average Bonchev–Trinajstić information content (AvgIpc) is 2.55. The van der Waals surface area contributed by atoms with E-state index in [4.69, 9.17) is 5.11 Å². The highest BCUT2D eigenvalue weighted by Gasteiger charge is 2.27. The van der Waals surface area contributed by atoms with Gasteiger partial charge in [-0.1, -0.05) is 0 Å². The van der Waals surface area contributed by atoms with E-state index in [0.717, 1.165) is 38.8 Å². The quantitative estimate of drug-likeness (QED) is 0.800. The number of carbonyl (C=O) groups is 3. The summed E-state index contributed by atoms with van der Waals surface area (Å²) < 4.78 is 0. The van der Waals surface area contributed by atoms with Crippen LogP contribution >= 0.6 is 0 Å². The zero-order valence-electron chi connectivity index (χ0n) is 13.6. The molecule has 0 aromatic carbocycles. The van der Waals surface area contributed by atoms with E-state index in [2.05, 4.69) is 5.32 Å². The molecule has 23 heavy (non-hydrogen) atoms. The SMILES string of the molecule is O=C(O)CCCC(=O)NC1CCN(C(=O)N2CCCCC2)CC1. The number of carbonyl (C=O) groups excluding carboxylic acids is 2. The van der Waals surface area contributed by atoms with Crippen molar-refractivity contribution in [2.75, 3.05) is 26.2 Å². The summed E-state index contributed by atoms with van der Waals surface area (Å²) in [4.78, 5) is 38.4. The van der Waals surface area contributed by atoms with Crippen LogP contribution in [0.2, 0.25) is 0 Å². The summed E-state index contributed by atoms with van der Waals surface area (Å²) in [5.41, 5.74) is 0. The lowest BCUT2D eigenvalue weighted by Crippen LogP contribution is -2.51. The normalized spacial score (nSPS) is 19.5. The van der Waals surface area contributed by atoms with Crippen molar-refractivity contribution in [3.05, 3.63) is 0 Å². The molecule has 0 saturated carbocycles. The molecule has 2 saturated heterocycles. The van der Waals surface area contributed by atoms with Crippen LogP contribution in [-0.4, -0.2) is 65.0 Å². The topological polar surface area (TPSA) is 89.9 Å². The van der Waals surface area contributed by atoms with Gasteiger partial charge in [-0.05, 0) is 38.5 Å². The molecule has 2 N–H and O–H groups in total. The van der Waals surface area contributed by atoms with Crippen molar-refractivity contribution in [3.8, 4) is 0 Å². The van der Waals surface area contributed by atoms with E-state index in [-0.39, 0.29) is 30.8 Å². The summed E-state index contributed by atoms with van der Waals surface area (Å²) in [6.45, 7) is 3.07. The first-order valence-corrected chi connectivity index (χ1v) is 8.61. The number of hydrogen-bond donors (Lipinski definition) is 2. The van der Waals surface area contributed by atoms with Gasteiger partial charge in [0.25, 0.3) is 0 Å². The summed E-state index contributed by atoms with van der Waals surface area (Å²) in [6, 6.07) is 0.230. The van der Waals surface area contributed by atoms with Crippen molar-refractivity contribution in [2.45, 2.75) is 57.4 Å². The molecule has 0 spiro atoms. The maximum absolute atomic E-state index is 12.4. The molecule has 2 heterocycles. The number of likely N-dealkylation sites (tertiary alicyclic amines) is 2. The van der Waals surface area contributed by atoms with E-state index in [1.54, 1.807) is 0 Å². The Morgan fingerprint density at radius 2 is 1.52 bits per heavy atom. The van der Waals surface area contributed by atoms with E-state index in [0.29, 0.717) is 19.5 Å². The van der Waals surface area contributed by atoms with Crippen LogP contribution in [0.15, 0.2) is 0 Å². The molecule has 0 unspecified atom stereocenters. The van der Waals surface area contributed by atoms with Gasteiger partial charge in [-0.25, -0.2) is 4.79 Å². The van der Waals surface area contributed by atoms with Gasteiger partial charge in [0.15, 0.2) is 0 Å². The number of carboxylic acid groups (broad SMARTS) is 1. The van der Waals surface area contributed by atoms with Gasteiger partial charge in [0, 0.05) is 45.1 Å². The Balaban J connectivity index is 1.66. The molecular formula is C16H27N3O4. The summed E-state index contributed by atoms with van der Waals surface area (Å²) in [5.74, 6) is -0.964. The monoisotopic (exact) mass is 325 g/mol. The minimum atomic E-state index is -0.873. The summed E-state index contributed by atoms with van der Waals surface area (Å²) in [5, 5.41) is 11.5. The number of aliphatic carboxylic acids is 1. The molecule has 2 aliphatic heterocycles. The first kappa shape index (κ1) is 17.6. The number of amides is 3. The van der Waals surface area contributed by atoms with Crippen molar-refractivity contribution in [1.29, 1.82) is 0 Å². The van der Waals surface area contributed by atoms with Crippen LogP contribution in [-0.2, 0) is 9.59 Å². The number of rotatable bonds is 5. The minimum Gasteiger partial charge on any atom is -0.481 e. The maximum Gasteiger partial charge on any atom is 0.319 e. The lowest BCUT2D eigenvalue weighted by atomic mass is 10.0. The fraction of sp³-hybridized carbons (Fsp3) is 0.812. The van der Waals surface area contributed by atoms with Crippen LogP contribution in [0.3, 0.4) is 0 Å². The van der Waals surface area contributed by atoms with Crippen molar-refractivity contribution in [1.82, 2.24) is 15.1 Å². The summed E-state index contributed by atoms with van der Waals surface area (Å²) in [7, 11) is 0. The average molecular weight is 325 g/mol. The molecule has 2 fully saturated rings. The fourth-order valence-corrected chi connectivity index (χ4v) is 3.20. The summed E-state index contributed by atoms with van der Waals surface area (Å²) >= 11 is 0. The molecule has 2 aliphatic rings. The number of hydrogen-bond acceptors (Lipinski definition) is 3. The molecule has 7 heteroatoms. The third-order valence-electron chi connectivity index (χ3n) is 4.55. The van der Waals surface area contributed by atoms with Gasteiger partial charge in [0.1, 0.15) is 0 Å². The minimum absolute atomic E-state index is 0.0240. The molecule has 0 bridgehead atoms. The van der Waals surface area contributed by atoms with Gasteiger partial charge >= 0.3 is 12.0 Å². The van der Waals surface area contributed by atoms with E-state index >= 15 is 0 Å². The Bertz CT molecular complexity index is 427. The zero-order chi connectivity index (χ0) is 16.7. The lowest BCUT2D eigenvalue weighted by molar-refractivity contribution is -0.137. The predicted octanol–water partition coefficient (Wildman–Crippen LogP) is 1.43. The number of nitrogens with one attached hydrogen (secondary N) is 1.